The van der Waals surface area contributed by atoms with Crippen LogP contribution in [0.4, 0.5) is 4.79 Å². The summed E-state index contributed by atoms with van der Waals surface area (Å²) in [6, 6.07) is 19.5. The number of alkyl carbamates (subject to hydrolysis) is 1. The van der Waals surface area contributed by atoms with Crippen LogP contribution in [0.2, 0.25) is 0 Å². The summed E-state index contributed by atoms with van der Waals surface area (Å²) in [4.78, 5) is 52.9. The first-order chi connectivity index (χ1) is 19.2. The molecule has 1 aliphatic rings. The average Bonchev–Trinajstić information content (AvgIpc) is 3.50. The van der Waals surface area contributed by atoms with Crippen molar-refractivity contribution >= 4 is 35.0 Å². The molecule has 0 bridgehead atoms. The van der Waals surface area contributed by atoms with E-state index in [0.717, 1.165) is 16.0 Å². The predicted molar refractivity (Wildman–Crippen MR) is 151 cm³/mol. The second-order valence-corrected chi connectivity index (χ2v) is 10.9. The van der Waals surface area contributed by atoms with Crippen LogP contribution in [0.15, 0.2) is 78.2 Å². The van der Waals surface area contributed by atoms with E-state index in [1.807, 2.05) is 78.2 Å². The molecule has 0 spiro atoms. The second-order valence-electron chi connectivity index (χ2n) is 9.91. The minimum atomic E-state index is -0.977. The normalized spacial score (nSPS) is 18.1. The van der Waals surface area contributed by atoms with Crippen LogP contribution < -0.4 is 16.0 Å². The van der Waals surface area contributed by atoms with E-state index in [2.05, 4.69) is 16.0 Å². The standard InChI is InChI=1S/C30H33N3O6S/c1-20(31-29(37)38-18-22-12-7-4-8-13-22)27(35)33-25(17-23-14-9-15-40-23)28(36)32-24(26(34)30(2)19-39-30)16-21-10-5-3-6-11-21/h3-15,20,24-25H,16-19H2,1-2H3,(H,31,37)(H,32,36)(H,33,35)/t20?,24?,25-,30?/m0/s1. The molecule has 40 heavy (non-hydrogen) atoms. The van der Waals surface area contributed by atoms with Gasteiger partial charge in [0.25, 0.3) is 0 Å². The first-order valence-corrected chi connectivity index (χ1v) is 13.9. The lowest BCUT2D eigenvalue weighted by atomic mass is 9.94. The minimum absolute atomic E-state index is 0.0594. The smallest absolute Gasteiger partial charge is 0.408 e. The van der Waals surface area contributed by atoms with E-state index in [9.17, 15) is 19.2 Å². The van der Waals surface area contributed by atoms with Gasteiger partial charge in [0.2, 0.25) is 11.8 Å². The molecule has 3 N–H and O–H groups in total. The van der Waals surface area contributed by atoms with Crippen LogP contribution in [0, 0.1) is 0 Å². The van der Waals surface area contributed by atoms with Gasteiger partial charge in [-0.15, -0.1) is 11.3 Å². The van der Waals surface area contributed by atoms with Crippen molar-refractivity contribution in [1.29, 1.82) is 0 Å². The van der Waals surface area contributed by atoms with Crippen molar-refractivity contribution in [2.24, 2.45) is 0 Å². The summed E-state index contributed by atoms with van der Waals surface area (Å²) >= 11 is 1.45. The summed E-state index contributed by atoms with van der Waals surface area (Å²) in [6.45, 7) is 3.57. The first-order valence-electron chi connectivity index (χ1n) is 13.1. The number of Topliss-reactive ketones (excluding diaryl/α,β-unsaturated/α-hetero) is 1. The number of hydrogen-bond acceptors (Lipinski definition) is 7. The van der Waals surface area contributed by atoms with Gasteiger partial charge in [-0.1, -0.05) is 66.7 Å². The lowest BCUT2D eigenvalue weighted by Crippen LogP contribution is -2.57. The molecule has 3 unspecified atom stereocenters. The molecule has 1 saturated heterocycles. The van der Waals surface area contributed by atoms with Crippen molar-refractivity contribution in [3.05, 3.63) is 94.2 Å². The number of amides is 3. The lowest BCUT2D eigenvalue weighted by molar-refractivity contribution is -0.133. The number of hydrogen-bond donors (Lipinski definition) is 3. The molecular formula is C30H33N3O6S. The summed E-state index contributed by atoms with van der Waals surface area (Å²) < 4.78 is 10.6. The molecule has 0 radical (unpaired) electrons. The Morgan fingerprint density at radius 1 is 0.850 bits per heavy atom. The fourth-order valence-electron chi connectivity index (χ4n) is 4.09. The molecule has 1 aromatic heterocycles. The molecular weight excluding hydrogens is 530 g/mol. The molecule has 0 aliphatic carbocycles. The molecule has 4 atom stereocenters. The molecule has 2 aromatic carbocycles. The summed E-state index contributed by atoms with van der Waals surface area (Å²) in [5.74, 6) is -1.28. The molecule has 10 heteroatoms. The molecule has 3 aromatic rings. The Morgan fingerprint density at radius 3 is 2.08 bits per heavy atom. The Bertz CT molecular complexity index is 1300. The number of ketones is 1. The number of benzene rings is 2. The zero-order valence-electron chi connectivity index (χ0n) is 22.4. The number of epoxide rings is 1. The monoisotopic (exact) mass is 563 g/mol. The zero-order chi connectivity index (χ0) is 28.5. The van der Waals surface area contributed by atoms with Crippen molar-refractivity contribution in [1.82, 2.24) is 16.0 Å². The third-order valence-corrected chi connectivity index (χ3v) is 7.47. The van der Waals surface area contributed by atoms with Crippen LogP contribution in [0.25, 0.3) is 0 Å². The minimum Gasteiger partial charge on any atom is -0.445 e. The molecule has 2 heterocycles. The number of nitrogens with one attached hydrogen (secondary N) is 3. The van der Waals surface area contributed by atoms with Gasteiger partial charge in [-0.25, -0.2) is 4.79 Å². The third-order valence-electron chi connectivity index (χ3n) is 6.57. The van der Waals surface area contributed by atoms with Crippen molar-refractivity contribution in [3.63, 3.8) is 0 Å². The van der Waals surface area contributed by atoms with E-state index in [0.29, 0.717) is 6.61 Å². The molecule has 1 aliphatic heterocycles. The quantitative estimate of drug-likeness (QED) is 0.274. The Balaban J connectivity index is 1.41. The molecule has 210 valence electrons. The zero-order valence-corrected chi connectivity index (χ0v) is 23.2. The highest BCUT2D eigenvalue weighted by Crippen LogP contribution is 2.29. The fourth-order valence-corrected chi connectivity index (χ4v) is 4.85. The molecule has 9 nitrogen and oxygen atoms in total. The maximum atomic E-state index is 13.5. The van der Waals surface area contributed by atoms with Crippen LogP contribution in [0.1, 0.15) is 29.9 Å². The molecule has 0 saturated carbocycles. The van der Waals surface area contributed by atoms with Gasteiger partial charge in [0, 0.05) is 11.3 Å². The Morgan fingerprint density at radius 2 is 1.48 bits per heavy atom. The summed E-state index contributed by atoms with van der Waals surface area (Å²) in [5.41, 5.74) is 0.765. The van der Waals surface area contributed by atoms with Gasteiger partial charge in [-0.2, -0.15) is 0 Å². The maximum Gasteiger partial charge on any atom is 0.408 e. The third kappa shape index (κ3) is 8.24. The molecule has 4 rings (SSSR count). The summed E-state index contributed by atoms with van der Waals surface area (Å²) in [7, 11) is 0. The highest BCUT2D eigenvalue weighted by molar-refractivity contribution is 7.09. The highest BCUT2D eigenvalue weighted by Gasteiger charge is 2.50. The summed E-state index contributed by atoms with van der Waals surface area (Å²) in [6.07, 6.45) is -0.243. The Labute approximate surface area is 237 Å². The SMILES string of the molecule is CC(NC(=O)OCc1ccccc1)C(=O)N[C@@H](Cc1cccs1)C(=O)NC(Cc1ccccc1)C(=O)C1(C)CO1. The van der Waals surface area contributed by atoms with Crippen LogP contribution >= 0.6 is 11.3 Å². The lowest BCUT2D eigenvalue weighted by Gasteiger charge is -2.25. The Kier molecular flexibility index (Phi) is 9.68. The number of rotatable bonds is 13. The van der Waals surface area contributed by atoms with Crippen molar-refractivity contribution in [2.75, 3.05) is 6.61 Å². The van der Waals surface area contributed by atoms with Gasteiger partial charge < -0.3 is 25.4 Å². The van der Waals surface area contributed by atoms with Crippen molar-refractivity contribution in [2.45, 2.75) is 57.0 Å². The van der Waals surface area contributed by atoms with E-state index < -0.39 is 41.6 Å². The van der Waals surface area contributed by atoms with E-state index in [1.54, 1.807) is 6.92 Å². The topological polar surface area (TPSA) is 126 Å². The largest absolute Gasteiger partial charge is 0.445 e. The van der Waals surface area contributed by atoms with E-state index in [1.165, 1.54) is 18.3 Å². The number of ether oxygens (including phenoxy) is 2. The number of thiophene rings is 1. The van der Waals surface area contributed by atoms with Crippen LogP contribution in [-0.4, -0.2) is 54.0 Å². The predicted octanol–water partition coefficient (Wildman–Crippen LogP) is 3.18. The van der Waals surface area contributed by atoms with Gasteiger partial charge in [0.1, 0.15) is 24.3 Å². The van der Waals surface area contributed by atoms with Crippen molar-refractivity contribution in [3.8, 4) is 0 Å². The Hall–Kier alpha value is -4.02. The van der Waals surface area contributed by atoms with Gasteiger partial charge in [-0.3, -0.25) is 14.4 Å². The second kappa shape index (κ2) is 13.4. The van der Waals surface area contributed by atoms with Crippen LogP contribution in [0.3, 0.4) is 0 Å². The summed E-state index contributed by atoms with van der Waals surface area (Å²) in [5, 5.41) is 9.98. The number of carbonyl (C=O) groups is 4. The fraction of sp³-hybridized carbons (Fsp3) is 0.333. The molecule has 1 fully saturated rings. The van der Waals surface area contributed by atoms with Crippen LogP contribution in [-0.2, 0) is 43.3 Å². The van der Waals surface area contributed by atoms with E-state index in [4.69, 9.17) is 9.47 Å². The van der Waals surface area contributed by atoms with E-state index >= 15 is 0 Å². The first kappa shape index (κ1) is 29.0. The van der Waals surface area contributed by atoms with Crippen LogP contribution in [0.5, 0.6) is 0 Å². The average molecular weight is 564 g/mol. The van der Waals surface area contributed by atoms with Gasteiger partial charge in [0.15, 0.2) is 5.78 Å². The van der Waals surface area contributed by atoms with E-state index in [-0.39, 0.29) is 25.2 Å². The maximum absolute atomic E-state index is 13.5. The number of carbonyl (C=O) groups excluding carboxylic acids is 4. The molecule has 3 amide bonds. The highest BCUT2D eigenvalue weighted by atomic mass is 32.1. The van der Waals surface area contributed by atoms with Gasteiger partial charge in [-0.05, 0) is 42.8 Å². The van der Waals surface area contributed by atoms with Gasteiger partial charge in [0.05, 0.1) is 12.6 Å². The van der Waals surface area contributed by atoms with Gasteiger partial charge >= 0.3 is 6.09 Å². The van der Waals surface area contributed by atoms with Crippen molar-refractivity contribution < 1.29 is 28.7 Å².